The van der Waals surface area contributed by atoms with Gasteiger partial charge in [0.05, 0.1) is 0 Å². The summed E-state index contributed by atoms with van der Waals surface area (Å²) >= 11 is -1.74. The first kappa shape index (κ1) is 13.7. The van der Waals surface area contributed by atoms with Crippen molar-refractivity contribution in [2.45, 2.75) is 40.7 Å². The molecule has 0 bridgehead atoms. The Morgan fingerprint density at radius 1 is 1.36 bits per heavy atom. The monoisotopic (exact) mass is 358 g/mol. The summed E-state index contributed by atoms with van der Waals surface area (Å²) in [4.78, 5) is 0.869. The first-order chi connectivity index (χ1) is 6.49. The van der Waals surface area contributed by atoms with E-state index in [9.17, 15) is 0 Å². The van der Waals surface area contributed by atoms with Gasteiger partial charge >= 0.3 is 99.8 Å². The van der Waals surface area contributed by atoms with Crippen LogP contribution in [0.2, 0.25) is 22.0 Å². The van der Waals surface area contributed by atoms with Crippen LogP contribution in [0.15, 0.2) is 0 Å². The van der Waals surface area contributed by atoms with E-state index >= 15 is 0 Å². The quantitative estimate of drug-likeness (QED) is 0.710. The Bertz CT molecular complexity index is 197. The summed E-state index contributed by atoms with van der Waals surface area (Å²) in [6.45, 7) is 9.56. The molecule has 0 aromatic heterocycles. The van der Waals surface area contributed by atoms with Gasteiger partial charge in [-0.15, -0.1) is 0 Å². The zero-order valence-electron chi connectivity index (χ0n) is 9.92. The first-order valence-corrected chi connectivity index (χ1v) is 21.2. The number of hydrogen-bond acceptors (Lipinski definition) is 3. The van der Waals surface area contributed by atoms with Crippen LogP contribution < -0.4 is 0 Å². The molecule has 1 nitrogen and oxygen atoms in total. The van der Waals surface area contributed by atoms with Crippen molar-refractivity contribution >= 4 is 41.8 Å². The van der Waals surface area contributed by atoms with Gasteiger partial charge in [-0.3, -0.25) is 0 Å². The standard InChI is InChI=1S/C5H14OS2Si.2C2H5.Sn/c1-6-9(2,3)5(8)4-7;2*1-2;/h5,7-8H,4H2,1-3H3;2*1H2,2H3;/q;;;+2/p-2. The van der Waals surface area contributed by atoms with Crippen LogP contribution in [0.5, 0.6) is 0 Å². The molecule has 0 amide bonds. The van der Waals surface area contributed by atoms with Gasteiger partial charge in [-0.05, 0) is 0 Å². The van der Waals surface area contributed by atoms with Gasteiger partial charge in [0, 0.05) is 0 Å². The van der Waals surface area contributed by atoms with Gasteiger partial charge in [-0.2, -0.15) is 0 Å². The van der Waals surface area contributed by atoms with Crippen LogP contribution in [0.3, 0.4) is 0 Å². The maximum absolute atomic E-state index is 5.74. The molecule has 0 aromatic rings. The van der Waals surface area contributed by atoms with Gasteiger partial charge in [0.2, 0.25) is 0 Å². The summed E-state index contributed by atoms with van der Waals surface area (Å²) in [6.07, 6.45) is 0. The molecule has 1 aliphatic rings. The summed E-state index contributed by atoms with van der Waals surface area (Å²) in [6, 6.07) is 0. The number of hydrogen-bond donors (Lipinski definition) is 0. The predicted octanol–water partition coefficient (Wildman–Crippen LogP) is 3.71. The molecule has 1 atom stereocenters. The molecular formula is C9H22OS2SiSn. The number of rotatable bonds is 4. The third kappa shape index (κ3) is 2.87. The van der Waals surface area contributed by atoms with Gasteiger partial charge in [0.25, 0.3) is 0 Å². The fourth-order valence-corrected chi connectivity index (χ4v) is 47.1. The maximum atomic E-state index is 5.74. The van der Waals surface area contributed by atoms with E-state index in [1.807, 2.05) is 7.11 Å². The fourth-order valence-electron chi connectivity index (χ4n) is 1.65. The van der Waals surface area contributed by atoms with Gasteiger partial charge in [0.15, 0.2) is 0 Å². The second-order valence-electron chi connectivity index (χ2n) is 4.34. The minimum absolute atomic E-state index is 0.869. The van der Waals surface area contributed by atoms with E-state index in [1.54, 1.807) is 0 Å². The van der Waals surface area contributed by atoms with Crippen LogP contribution in [-0.4, -0.2) is 41.7 Å². The summed E-state index contributed by atoms with van der Waals surface area (Å²) in [5.74, 6) is 1.38. The molecule has 1 rings (SSSR count). The first-order valence-electron chi connectivity index (χ1n) is 5.36. The Morgan fingerprint density at radius 3 is 2.29 bits per heavy atom. The van der Waals surface area contributed by atoms with E-state index in [0.29, 0.717) is 0 Å². The van der Waals surface area contributed by atoms with Crippen LogP contribution in [0.25, 0.3) is 0 Å². The van der Waals surface area contributed by atoms with Crippen molar-refractivity contribution < 1.29 is 4.43 Å². The SMILES string of the molecule is C[CH2][Sn]1([CH2]C)[S]CC([Si](C)(C)OC)[S]1. The Balaban J connectivity index is 2.64. The van der Waals surface area contributed by atoms with Crippen LogP contribution in [0.4, 0.5) is 0 Å². The van der Waals surface area contributed by atoms with E-state index in [2.05, 4.69) is 44.8 Å². The van der Waals surface area contributed by atoms with E-state index in [0.717, 1.165) is 4.87 Å². The molecule has 84 valence electrons. The Kier molecular flexibility index (Phi) is 5.24. The summed E-state index contributed by atoms with van der Waals surface area (Å²) in [7, 11) is 5.30. The summed E-state index contributed by atoms with van der Waals surface area (Å²) in [5, 5.41) is 0. The third-order valence-corrected chi connectivity index (χ3v) is 42.8. The molecular weight excluding hydrogens is 335 g/mol. The molecule has 0 aromatic carbocycles. The Labute approximate surface area is 99.0 Å². The van der Waals surface area contributed by atoms with E-state index < -0.39 is 23.9 Å². The molecule has 0 aliphatic carbocycles. The van der Waals surface area contributed by atoms with Crippen molar-refractivity contribution in [3.8, 4) is 0 Å². The van der Waals surface area contributed by atoms with Crippen molar-refractivity contribution in [1.82, 2.24) is 0 Å². The second-order valence-corrected chi connectivity index (χ2v) is 36.4. The van der Waals surface area contributed by atoms with Gasteiger partial charge in [-0.25, -0.2) is 0 Å². The molecule has 1 aliphatic heterocycles. The normalized spacial score (nSPS) is 26.8. The van der Waals surface area contributed by atoms with Gasteiger partial charge in [-0.1, -0.05) is 0 Å². The topological polar surface area (TPSA) is 9.23 Å². The molecule has 1 fully saturated rings. The summed E-state index contributed by atoms with van der Waals surface area (Å²) in [5.41, 5.74) is 0. The zero-order chi connectivity index (χ0) is 10.8. The van der Waals surface area contributed by atoms with Gasteiger partial charge in [0.1, 0.15) is 0 Å². The molecule has 14 heavy (non-hydrogen) atoms. The molecule has 0 N–H and O–H groups in total. The van der Waals surface area contributed by atoms with Crippen molar-refractivity contribution in [2.24, 2.45) is 0 Å². The molecule has 1 unspecified atom stereocenters. The molecule has 1 saturated heterocycles. The Hall–Kier alpha value is 1.68. The molecule has 1 heterocycles. The molecule has 0 spiro atoms. The van der Waals surface area contributed by atoms with Crippen LogP contribution >= 0.6 is 17.9 Å². The van der Waals surface area contributed by atoms with Crippen molar-refractivity contribution in [1.29, 1.82) is 0 Å². The Morgan fingerprint density at radius 2 is 1.93 bits per heavy atom. The second kappa shape index (κ2) is 5.34. The van der Waals surface area contributed by atoms with E-state index in [4.69, 9.17) is 4.43 Å². The van der Waals surface area contributed by atoms with Crippen molar-refractivity contribution in [2.75, 3.05) is 12.9 Å². The van der Waals surface area contributed by atoms with Crippen LogP contribution in [0, 0.1) is 0 Å². The average molecular weight is 357 g/mol. The zero-order valence-corrected chi connectivity index (χ0v) is 15.4. The van der Waals surface area contributed by atoms with Gasteiger partial charge < -0.3 is 0 Å². The molecule has 0 radical (unpaired) electrons. The van der Waals surface area contributed by atoms with E-state index in [-0.39, 0.29) is 0 Å². The van der Waals surface area contributed by atoms with Crippen molar-refractivity contribution in [3.63, 3.8) is 0 Å². The van der Waals surface area contributed by atoms with Crippen molar-refractivity contribution in [3.05, 3.63) is 0 Å². The minimum atomic E-state index is -1.74. The predicted molar refractivity (Wildman–Crippen MR) is 75.0 cm³/mol. The average Bonchev–Trinajstić information content (AvgIpc) is 2.63. The fraction of sp³-hybridized carbons (Fsp3) is 1.00. The van der Waals surface area contributed by atoms with E-state index in [1.165, 1.54) is 14.6 Å². The van der Waals surface area contributed by atoms with Crippen LogP contribution in [-0.2, 0) is 4.43 Å². The molecule has 0 saturated carbocycles. The summed E-state index contributed by atoms with van der Waals surface area (Å²) < 4.78 is 8.72. The third-order valence-electron chi connectivity index (χ3n) is 3.23. The van der Waals surface area contributed by atoms with Crippen LogP contribution in [0.1, 0.15) is 13.8 Å². The molecule has 5 heteroatoms.